The number of fused-ring (bicyclic) bond motifs is 7. The summed E-state index contributed by atoms with van der Waals surface area (Å²) in [6.45, 7) is 5.47. The maximum absolute atomic E-state index is 5.37. The van der Waals surface area contributed by atoms with Crippen molar-refractivity contribution in [1.82, 2.24) is 9.55 Å². The van der Waals surface area contributed by atoms with Crippen LogP contribution in [0.4, 0.5) is 22.7 Å². The Morgan fingerprint density at radius 1 is 0.443 bits per heavy atom. The van der Waals surface area contributed by atoms with Crippen molar-refractivity contribution in [1.29, 1.82) is 0 Å². The second-order valence-corrected chi connectivity index (χ2v) is 23.9. The maximum atomic E-state index is 5.37. The van der Waals surface area contributed by atoms with E-state index in [0.717, 1.165) is 17.7 Å². The predicted molar refractivity (Wildman–Crippen MR) is 329 cm³/mol. The molecule has 4 saturated carbocycles. The Hall–Kier alpha value is -8.73. The van der Waals surface area contributed by atoms with Crippen LogP contribution in [0.1, 0.15) is 68.2 Å². The van der Waals surface area contributed by atoms with Gasteiger partial charge in [-0.25, -0.2) is 4.98 Å². The molecule has 10 aromatic carbocycles. The lowest BCUT2D eigenvalue weighted by Gasteiger charge is -2.62. The summed E-state index contributed by atoms with van der Waals surface area (Å²) in [5.74, 6) is 3.85. The summed E-state index contributed by atoms with van der Waals surface area (Å²) in [7, 11) is 0. The molecule has 0 unspecified atom stereocenters. The third-order valence-corrected chi connectivity index (χ3v) is 19.6. The number of nitrogens with zero attached hydrogens (tertiary/aromatic N) is 4. The van der Waals surface area contributed by atoms with Crippen molar-refractivity contribution in [3.05, 3.63) is 265 Å². The lowest BCUT2D eigenvalue weighted by atomic mass is 9.42. The van der Waals surface area contributed by atoms with Gasteiger partial charge >= 0.3 is 0 Å². The van der Waals surface area contributed by atoms with Crippen LogP contribution in [0, 0.1) is 23.7 Å². The van der Waals surface area contributed by atoms with E-state index in [2.05, 4.69) is 271 Å². The first kappa shape index (κ1) is 46.4. The fraction of sp³-hybridized carbons (Fsp3) is 0.187. The fourth-order valence-corrected chi connectivity index (χ4v) is 16.2. The second kappa shape index (κ2) is 17.9. The molecule has 382 valence electrons. The van der Waals surface area contributed by atoms with Gasteiger partial charge in [0.2, 0.25) is 0 Å². The Labute approximate surface area is 463 Å². The lowest BCUT2D eigenvalue weighted by Crippen LogP contribution is -2.56. The highest BCUT2D eigenvalue weighted by atomic mass is 15.4. The van der Waals surface area contributed by atoms with Crippen LogP contribution in [0.15, 0.2) is 243 Å². The molecule has 79 heavy (non-hydrogen) atoms. The highest BCUT2D eigenvalue weighted by molar-refractivity contribution is 6.10. The van der Waals surface area contributed by atoms with Gasteiger partial charge in [0, 0.05) is 44.6 Å². The number of aromatic nitrogens is 2. The van der Waals surface area contributed by atoms with Crippen molar-refractivity contribution in [3.8, 4) is 28.1 Å². The highest BCUT2D eigenvalue weighted by Crippen LogP contribution is 2.66. The first-order chi connectivity index (χ1) is 38.9. The van der Waals surface area contributed by atoms with Gasteiger partial charge in [0.25, 0.3) is 0 Å². The molecule has 0 amide bonds. The summed E-state index contributed by atoms with van der Waals surface area (Å²) in [6.07, 6.45) is 8.79. The Morgan fingerprint density at radius 3 is 1.78 bits per heavy atom. The molecule has 4 aliphatic carbocycles. The minimum Gasteiger partial charge on any atom is -0.321 e. The van der Waals surface area contributed by atoms with Gasteiger partial charge in [-0.3, -0.25) is 4.57 Å². The zero-order valence-electron chi connectivity index (χ0n) is 44.9. The molecule has 0 radical (unpaired) electrons. The topological polar surface area (TPSA) is 24.3 Å². The van der Waals surface area contributed by atoms with Gasteiger partial charge in [-0.15, -0.1) is 0 Å². The first-order valence-electron chi connectivity index (χ1n) is 28.8. The normalized spacial score (nSPS) is 20.5. The van der Waals surface area contributed by atoms with Crippen LogP contribution < -0.4 is 9.80 Å². The third-order valence-electron chi connectivity index (χ3n) is 19.6. The van der Waals surface area contributed by atoms with Crippen LogP contribution in [0.25, 0.3) is 71.4 Å². The average Bonchev–Trinajstić information content (AvgIpc) is 4.23. The Balaban J connectivity index is 0.806. The minimum atomic E-state index is -0.344. The Bertz CT molecular complexity index is 4270. The summed E-state index contributed by atoms with van der Waals surface area (Å²) in [4.78, 5) is 10.4. The molecule has 3 heterocycles. The van der Waals surface area contributed by atoms with E-state index >= 15 is 0 Å². The summed E-state index contributed by atoms with van der Waals surface area (Å²) < 4.78 is 2.48. The largest absolute Gasteiger partial charge is 0.321 e. The number of para-hydroxylation sites is 4. The number of anilines is 4. The molecule has 12 aromatic rings. The summed E-state index contributed by atoms with van der Waals surface area (Å²) in [5.41, 5.74) is 17.1. The van der Waals surface area contributed by atoms with Gasteiger partial charge in [-0.05, 0) is 159 Å². The molecular weight excluding hydrogens is 957 g/mol. The second-order valence-electron chi connectivity index (χ2n) is 23.9. The molecule has 0 saturated heterocycles. The third kappa shape index (κ3) is 7.09. The van der Waals surface area contributed by atoms with Crippen LogP contribution in [0.2, 0.25) is 0 Å². The van der Waals surface area contributed by atoms with E-state index in [-0.39, 0.29) is 10.8 Å². The van der Waals surface area contributed by atoms with E-state index in [1.807, 2.05) is 0 Å². The molecule has 4 fully saturated rings. The van der Waals surface area contributed by atoms with Crippen molar-refractivity contribution in [3.63, 3.8) is 0 Å². The molecule has 4 nitrogen and oxygen atoms in total. The number of hydrogen-bond donors (Lipinski definition) is 0. The minimum absolute atomic E-state index is 0.105. The van der Waals surface area contributed by atoms with Gasteiger partial charge in [-0.2, -0.15) is 0 Å². The molecule has 0 spiro atoms. The molecule has 0 atom stereocenters. The first-order valence-corrected chi connectivity index (χ1v) is 28.8. The number of benzene rings is 10. The molecule has 0 N–H and O–H groups in total. The smallest absolute Gasteiger partial charge is 0.137 e. The predicted octanol–water partition coefficient (Wildman–Crippen LogP) is 19.1. The van der Waals surface area contributed by atoms with E-state index in [4.69, 9.17) is 4.98 Å². The van der Waals surface area contributed by atoms with Gasteiger partial charge in [0.15, 0.2) is 0 Å². The highest BCUT2D eigenvalue weighted by Gasteiger charge is 2.59. The van der Waals surface area contributed by atoms with Crippen LogP contribution in [0.3, 0.4) is 0 Å². The van der Waals surface area contributed by atoms with Gasteiger partial charge in [0.05, 0.1) is 28.1 Å². The van der Waals surface area contributed by atoms with Crippen LogP contribution in [0.5, 0.6) is 0 Å². The number of hydrogen-bond acceptors (Lipinski definition) is 3. The number of pyridine rings is 1. The van der Waals surface area contributed by atoms with Gasteiger partial charge in [0.1, 0.15) is 12.5 Å². The maximum Gasteiger partial charge on any atom is 0.137 e. The van der Waals surface area contributed by atoms with Crippen molar-refractivity contribution >= 4 is 66.1 Å². The van der Waals surface area contributed by atoms with Crippen LogP contribution >= 0.6 is 0 Å². The van der Waals surface area contributed by atoms with Crippen molar-refractivity contribution < 1.29 is 0 Å². The van der Waals surface area contributed by atoms with Crippen LogP contribution in [-0.2, 0) is 10.8 Å². The van der Waals surface area contributed by atoms with Gasteiger partial charge in [-0.1, -0.05) is 202 Å². The summed E-state index contributed by atoms with van der Waals surface area (Å²) in [6, 6.07) is 88.8. The van der Waals surface area contributed by atoms with Crippen LogP contribution in [-0.4, -0.2) is 16.2 Å². The van der Waals surface area contributed by atoms with E-state index in [1.54, 1.807) is 0 Å². The number of rotatable bonds is 9. The molecule has 1 aliphatic heterocycles. The average molecular weight is 1020 g/mol. The molecule has 4 heteroatoms. The van der Waals surface area contributed by atoms with Gasteiger partial charge < -0.3 is 9.80 Å². The van der Waals surface area contributed by atoms with E-state index in [1.165, 1.54) is 143 Å². The zero-order chi connectivity index (χ0) is 52.4. The fourth-order valence-electron chi connectivity index (χ4n) is 16.2. The van der Waals surface area contributed by atoms with Crippen molar-refractivity contribution in [2.24, 2.45) is 23.7 Å². The molecular formula is C75H62N4. The molecule has 2 aromatic heterocycles. The van der Waals surface area contributed by atoms with E-state index < -0.39 is 0 Å². The molecule has 17 rings (SSSR count). The Morgan fingerprint density at radius 2 is 1.04 bits per heavy atom. The zero-order valence-corrected chi connectivity index (χ0v) is 44.9. The summed E-state index contributed by atoms with van der Waals surface area (Å²) in [5, 5.41) is 7.94. The van der Waals surface area contributed by atoms with E-state index in [9.17, 15) is 0 Å². The van der Waals surface area contributed by atoms with Crippen molar-refractivity contribution in [2.75, 3.05) is 16.5 Å². The van der Waals surface area contributed by atoms with Crippen molar-refractivity contribution in [2.45, 2.75) is 56.8 Å². The quantitative estimate of drug-likeness (QED) is 0.135. The SMILES string of the molecule is CC(C)(c1cccc(N2CN(c3c(-c4ccccc4)cccc3-c3ccccc3)c3ccccc32)c1)c1ccc2c3ccccc3n(-c3cc(C4(c5cccc6c5ccc5ccccc56)C5CC6CC(C5)CC4C6)ccn3)c2c1. The standard InChI is InChI=1S/C75H62N4/c1-74(2,54-23-15-24-59(45-54)77-48-78(70-33-14-13-32-69(70)77)73-61(51-18-5-3-6-19-51)27-16-28-62(73)52-20-7-4-8-21-52)55-35-37-66-65-26-11-12-31-68(65)79(71(66)46-55)72-47-56(38-39-76-72)75(57-41-49-40-50(43-57)44-58(75)42-49)67-30-17-29-63-60-25-10-9-22-53(60)34-36-64(63)67/h3-39,45-47,49-50,57-58H,40-44,48H2,1-2H3. The molecule has 5 aliphatic rings. The molecule has 4 bridgehead atoms. The Kier molecular flexibility index (Phi) is 10.5. The lowest BCUT2D eigenvalue weighted by molar-refractivity contribution is -0.0412. The monoisotopic (exact) mass is 1020 g/mol. The van der Waals surface area contributed by atoms with E-state index in [0.29, 0.717) is 18.5 Å². The summed E-state index contributed by atoms with van der Waals surface area (Å²) >= 11 is 0.